The second-order valence-corrected chi connectivity index (χ2v) is 8.09. The van der Waals surface area contributed by atoms with Crippen molar-refractivity contribution in [1.29, 1.82) is 0 Å². The molecule has 0 amide bonds. The number of rotatable bonds is 6. The third-order valence-electron chi connectivity index (χ3n) is 6.24. The Morgan fingerprint density at radius 3 is 2.82 bits per heavy atom. The quantitative estimate of drug-likeness (QED) is 0.607. The fourth-order valence-corrected chi connectivity index (χ4v) is 4.71. The van der Waals surface area contributed by atoms with Gasteiger partial charge in [-0.15, -0.1) is 0 Å². The van der Waals surface area contributed by atoms with Gasteiger partial charge >= 0.3 is 0 Å². The molecular formula is C23H28N4O. The average Bonchev–Trinajstić information content (AvgIpc) is 3.45. The number of likely N-dealkylation sites (tertiary alicyclic amines) is 1. The van der Waals surface area contributed by atoms with Gasteiger partial charge in [-0.1, -0.05) is 0 Å². The Morgan fingerprint density at radius 2 is 2.00 bits per heavy atom. The van der Waals surface area contributed by atoms with Crippen molar-refractivity contribution in [2.45, 2.75) is 51.5 Å². The van der Waals surface area contributed by atoms with E-state index in [1.807, 2.05) is 16.8 Å². The highest BCUT2D eigenvalue weighted by Crippen LogP contribution is 2.32. The summed E-state index contributed by atoms with van der Waals surface area (Å²) in [6.45, 7) is 5.49. The standard InChI is InChI=1S/C23H28N4O/c1-17-5-3-14-26(17)15-4-16-28-19-10-8-18(9-11-19)23-20-6-2-7-21(20)25-22-12-13-24-27(22)23/h8-13,17H,2-7,14-16H2,1H3. The molecule has 2 aliphatic rings. The van der Waals surface area contributed by atoms with Gasteiger partial charge in [0.1, 0.15) is 5.75 Å². The van der Waals surface area contributed by atoms with Gasteiger partial charge in [-0.05, 0) is 76.3 Å². The molecule has 3 heterocycles. The van der Waals surface area contributed by atoms with E-state index in [-0.39, 0.29) is 0 Å². The van der Waals surface area contributed by atoms with Crippen LogP contribution in [0, 0.1) is 0 Å². The van der Waals surface area contributed by atoms with E-state index in [1.54, 1.807) is 0 Å². The van der Waals surface area contributed by atoms with Crippen LogP contribution in [0.15, 0.2) is 36.5 Å². The number of benzene rings is 1. The monoisotopic (exact) mass is 376 g/mol. The topological polar surface area (TPSA) is 42.7 Å². The highest BCUT2D eigenvalue weighted by atomic mass is 16.5. The van der Waals surface area contributed by atoms with Gasteiger partial charge in [0.15, 0.2) is 5.65 Å². The third kappa shape index (κ3) is 3.28. The number of aryl methyl sites for hydroxylation is 1. The van der Waals surface area contributed by atoms with Gasteiger partial charge in [-0.3, -0.25) is 0 Å². The van der Waals surface area contributed by atoms with Crippen molar-refractivity contribution in [2.24, 2.45) is 0 Å². The molecule has 3 aromatic rings. The molecule has 28 heavy (non-hydrogen) atoms. The summed E-state index contributed by atoms with van der Waals surface area (Å²) in [6.07, 6.45) is 8.93. The molecule has 1 aliphatic heterocycles. The number of ether oxygens (including phenoxy) is 1. The molecule has 0 spiro atoms. The molecule has 5 nitrogen and oxygen atoms in total. The lowest BCUT2D eigenvalue weighted by molar-refractivity contribution is 0.230. The van der Waals surface area contributed by atoms with Gasteiger partial charge in [-0.25, -0.2) is 9.50 Å². The Labute approximate surface area is 166 Å². The molecule has 0 saturated carbocycles. The lowest BCUT2D eigenvalue weighted by atomic mass is 10.0. The minimum absolute atomic E-state index is 0.737. The number of nitrogens with zero attached hydrogens (tertiary/aromatic N) is 4. The molecule has 0 radical (unpaired) electrons. The second-order valence-electron chi connectivity index (χ2n) is 8.09. The van der Waals surface area contributed by atoms with E-state index in [9.17, 15) is 0 Å². The van der Waals surface area contributed by atoms with Crippen molar-refractivity contribution in [3.63, 3.8) is 0 Å². The highest BCUT2D eigenvalue weighted by Gasteiger charge is 2.21. The molecule has 1 aliphatic carbocycles. The minimum atomic E-state index is 0.737. The molecule has 146 valence electrons. The van der Waals surface area contributed by atoms with Crippen LogP contribution < -0.4 is 4.74 Å². The van der Waals surface area contributed by atoms with Crippen molar-refractivity contribution < 1.29 is 4.74 Å². The van der Waals surface area contributed by atoms with Crippen LogP contribution in [0.2, 0.25) is 0 Å². The van der Waals surface area contributed by atoms with Gasteiger partial charge in [0.05, 0.1) is 18.5 Å². The van der Waals surface area contributed by atoms with Crippen LogP contribution in [0.4, 0.5) is 0 Å². The van der Waals surface area contributed by atoms with Crippen LogP contribution in [0.1, 0.15) is 43.9 Å². The van der Waals surface area contributed by atoms with Crippen LogP contribution in [0.3, 0.4) is 0 Å². The Balaban J connectivity index is 1.28. The van der Waals surface area contributed by atoms with E-state index < -0.39 is 0 Å². The van der Waals surface area contributed by atoms with Gasteiger partial charge in [0.2, 0.25) is 0 Å². The molecule has 1 unspecified atom stereocenters. The maximum atomic E-state index is 6.00. The summed E-state index contributed by atoms with van der Waals surface area (Å²) in [5.41, 5.74) is 5.90. The lowest BCUT2D eigenvalue weighted by Gasteiger charge is -2.20. The van der Waals surface area contributed by atoms with E-state index >= 15 is 0 Å². The van der Waals surface area contributed by atoms with Gasteiger partial charge in [0, 0.05) is 35.5 Å². The zero-order valence-corrected chi connectivity index (χ0v) is 16.6. The summed E-state index contributed by atoms with van der Waals surface area (Å²) >= 11 is 0. The first-order chi connectivity index (χ1) is 13.8. The molecule has 0 bridgehead atoms. The molecule has 2 aromatic heterocycles. The van der Waals surface area contributed by atoms with E-state index in [0.717, 1.165) is 49.9 Å². The van der Waals surface area contributed by atoms with Crippen molar-refractivity contribution in [3.05, 3.63) is 47.8 Å². The Hall–Kier alpha value is -2.40. The second kappa shape index (κ2) is 7.55. The van der Waals surface area contributed by atoms with Crippen LogP contribution in [-0.2, 0) is 12.8 Å². The third-order valence-corrected chi connectivity index (χ3v) is 6.24. The number of hydrogen-bond acceptors (Lipinski definition) is 4. The Morgan fingerprint density at radius 1 is 1.11 bits per heavy atom. The zero-order chi connectivity index (χ0) is 18.9. The lowest BCUT2D eigenvalue weighted by Crippen LogP contribution is -2.28. The minimum Gasteiger partial charge on any atom is -0.494 e. The van der Waals surface area contributed by atoms with E-state index in [2.05, 4.69) is 41.2 Å². The van der Waals surface area contributed by atoms with E-state index in [0.29, 0.717) is 0 Å². The maximum absolute atomic E-state index is 6.00. The largest absolute Gasteiger partial charge is 0.494 e. The zero-order valence-electron chi connectivity index (χ0n) is 16.6. The summed E-state index contributed by atoms with van der Waals surface area (Å²) in [5, 5.41) is 4.52. The van der Waals surface area contributed by atoms with E-state index in [4.69, 9.17) is 9.72 Å². The Kier molecular flexibility index (Phi) is 4.77. The maximum Gasteiger partial charge on any atom is 0.155 e. The van der Waals surface area contributed by atoms with Crippen molar-refractivity contribution in [1.82, 2.24) is 19.5 Å². The van der Waals surface area contributed by atoms with Gasteiger partial charge in [-0.2, -0.15) is 5.10 Å². The molecule has 1 saturated heterocycles. The first kappa shape index (κ1) is 17.7. The molecule has 1 atom stereocenters. The molecular weight excluding hydrogens is 348 g/mol. The van der Waals surface area contributed by atoms with Crippen LogP contribution in [0.25, 0.3) is 16.9 Å². The number of fused-ring (bicyclic) bond motifs is 2. The molecule has 1 aromatic carbocycles. The fourth-order valence-electron chi connectivity index (χ4n) is 4.71. The van der Waals surface area contributed by atoms with Gasteiger partial charge in [0.25, 0.3) is 0 Å². The average molecular weight is 377 g/mol. The number of hydrogen-bond donors (Lipinski definition) is 0. The first-order valence-corrected chi connectivity index (χ1v) is 10.6. The predicted octanol–water partition coefficient (Wildman–Crippen LogP) is 4.14. The Bertz CT molecular complexity index is 963. The SMILES string of the molecule is CC1CCCN1CCCOc1ccc(-c2c3c(nc4ccnn24)CCC3)cc1. The predicted molar refractivity (Wildman–Crippen MR) is 111 cm³/mol. The molecule has 5 heteroatoms. The number of aromatic nitrogens is 3. The summed E-state index contributed by atoms with van der Waals surface area (Å²) < 4.78 is 7.98. The molecule has 0 N–H and O–H groups in total. The molecule has 5 rings (SSSR count). The van der Waals surface area contributed by atoms with Crippen LogP contribution >= 0.6 is 0 Å². The van der Waals surface area contributed by atoms with Crippen LogP contribution in [-0.4, -0.2) is 45.2 Å². The fraction of sp³-hybridized carbons (Fsp3) is 0.478. The highest BCUT2D eigenvalue weighted by molar-refractivity contribution is 5.68. The van der Waals surface area contributed by atoms with E-state index in [1.165, 1.54) is 48.3 Å². The summed E-state index contributed by atoms with van der Waals surface area (Å²) in [6, 6.07) is 11.2. The van der Waals surface area contributed by atoms with Crippen molar-refractivity contribution in [2.75, 3.05) is 19.7 Å². The first-order valence-electron chi connectivity index (χ1n) is 10.6. The molecule has 1 fully saturated rings. The van der Waals surface area contributed by atoms with Crippen molar-refractivity contribution >= 4 is 5.65 Å². The van der Waals surface area contributed by atoms with Gasteiger partial charge < -0.3 is 9.64 Å². The summed E-state index contributed by atoms with van der Waals surface area (Å²) in [5.74, 6) is 0.945. The smallest absolute Gasteiger partial charge is 0.155 e. The summed E-state index contributed by atoms with van der Waals surface area (Å²) in [7, 11) is 0. The normalized spacial score (nSPS) is 19.4. The summed E-state index contributed by atoms with van der Waals surface area (Å²) in [4.78, 5) is 7.35. The van der Waals surface area contributed by atoms with Crippen molar-refractivity contribution in [3.8, 4) is 17.0 Å². The van der Waals surface area contributed by atoms with Crippen LogP contribution in [0.5, 0.6) is 5.75 Å².